The third-order valence-electron chi connectivity index (χ3n) is 5.43. The monoisotopic (exact) mass is 476 g/mol. The summed E-state index contributed by atoms with van der Waals surface area (Å²) in [6.45, 7) is 0. The number of benzene rings is 2. The molecule has 2 unspecified atom stereocenters. The van der Waals surface area contributed by atoms with Crippen LogP contribution in [0.15, 0.2) is 47.5 Å². The number of nitrogens with zero attached hydrogens (tertiary/aromatic N) is 2. The molecule has 4 rings (SSSR count). The lowest BCUT2D eigenvalue weighted by Crippen LogP contribution is -2.38. The highest BCUT2D eigenvalue weighted by atomic mass is 32.2. The summed E-state index contributed by atoms with van der Waals surface area (Å²) in [5.74, 6) is 1.47. The maximum Gasteiger partial charge on any atom is 0.252 e. The summed E-state index contributed by atoms with van der Waals surface area (Å²) >= 11 is 1.33. The maximum absolute atomic E-state index is 12.9. The molecular formula is C22H24N2O6S2. The van der Waals surface area contributed by atoms with E-state index in [4.69, 9.17) is 14.2 Å². The molecule has 0 N–H and O–H groups in total. The second-order valence-electron chi connectivity index (χ2n) is 7.50. The summed E-state index contributed by atoms with van der Waals surface area (Å²) in [7, 11) is 1.50. The van der Waals surface area contributed by atoms with Gasteiger partial charge in [-0.05, 0) is 29.8 Å². The van der Waals surface area contributed by atoms with Gasteiger partial charge in [-0.3, -0.25) is 4.79 Å². The molecular weight excluding hydrogens is 452 g/mol. The van der Waals surface area contributed by atoms with E-state index in [1.807, 2.05) is 23.1 Å². The van der Waals surface area contributed by atoms with Crippen molar-refractivity contribution in [3.8, 4) is 17.2 Å². The van der Waals surface area contributed by atoms with E-state index in [0.29, 0.717) is 28.1 Å². The number of rotatable bonds is 6. The van der Waals surface area contributed by atoms with Gasteiger partial charge in [0.2, 0.25) is 0 Å². The Balaban J connectivity index is 1.64. The molecule has 0 radical (unpaired) electrons. The highest BCUT2D eigenvalue weighted by Gasteiger charge is 2.50. The number of hydrogen-bond donors (Lipinski definition) is 0. The molecule has 2 aliphatic heterocycles. The van der Waals surface area contributed by atoms with Gasteiger partial charge in [-0.2, -0.15) is 4.99 Å². The Morgan fingerprint density at radius 2 is 1.75 bits per heavy atom. The Hall–Kier alpha value is -2.72. The maximum atomic E-state index is 12.9. The predicted octanol–water partition coefficient (Wildman–Crippen LogP) is 2.56. The van der Waals surface area contributed by atoms with Gasteiger partial charge in [0.25, 0.3) is 5.91 Å². The summed E-state index contributed by atoms with van der Waals surface area (Å²) < 4.78 is 40.6. The van der Waals surface area contributed by atoms with Gasteiger partial charge in [-0.15, -0.1) is 0 Å². The van der Waals surface area contributed by atoms with Crippen molar-refractivity contribution in [2.24, 2.45) is 4.99 Å². The average molecular weight is 477 g/mol. The zero-order valence-corrected chi connectivity index (χ0v) is 19.6. The Morgan fingerprint density at radius 3 is 2.47 bits per heavy atom. The standard InChI is InChI=1S/C22H24N2O6S2/c1-28-17-7-5-4-6-15(17)24-16-12-32(26,27)13-20(16)31-22(24)23-21(25)11-14-8-9-18(29-2)19(10-14)30-3/h4-10,16,20H,11-13H2,1-3H3. The normalized spacial score (nSPS) is 22.6. The van der Waals surface area contributed by atoms with E-state index in [9.17, 15) is 13.2 Å². The Kier molecular flexibility index (Phi) is 6.34. The highest BCUT2D eigenvalue weighted by molar-refractivity contribution is 8.16. The predicted molar refractivity (Wildman–Crippen MR) is 125 cm³/mol. The van der Waals surface area contributed by atoms with Crippen molar-refractivity contribution in [3.05, 3.63) is 48.0 Å². The number of amides is 1. The van der Waals surface area contributed by atoms with Crippen molar-refractivity contribution in [2.45, 2.75) is 17.7 Å². The number of thioether (sulfide) groups is 1. The molecule has 2 aromatic rings. The van der Waals surface area contributed by atoms with E-state index < -0.39 is 9.84 Å². The van der Waals surface area contributed by atoms with Crippen molar-refractivity contribution in [1.82, 2.24) is 0 Å². The van der Waals surface area contributed by atoms with Crippen molar-refractivity contribution in [1.29, 1.82) is 0 Å². The topological polar surface area (TPSA) is 94.5 Å². The molecule has 2 aliphatic rings. The number of carbonyl (C=O) groups excluding carboxylic acids is 1. The van der Waals surface area contributed by atoms with Crippen LogP contribution < -0.4 is 19.1 Å². The van der Waals surface area contributed by atoms with Crippen molar-refractivity contribution < 1.29 is 27.4 Å². The molecule has 2 saturated heterocycles. The summed E-state index contributed by atoms with van der Waals surface area (Å²) in [4.78, 5) is 19.1. The van der Waals surface area contributed by atoms with Crippen LogP contribution in [-0.2, 0) is 21.1 Å². The highest BCUT2D eigenvalue weighted by Crippen LogP contribution is 2.43. The van der Waals surface area contributed by atoms with Gasteiger partial charge >= 0.3 is 0 Å². The Morgan fingerprint density at radius 1 is 1.03 bits per heavy atom. The summed E-state index contributed by atoms with van der Waals surface area (Å²) in [6.07, 6.45) is 0.0812. The van der Waals surface area contributed by atoms with Crippen LogP contribution in [0.2, 0.25) is 0 Å². The smallest absolute Gasteiger partial charge is 0.252 e. The van der Waals surface area contributed by atoms with Crippen molar-refractivity contribution >= 4 is 38.4 Å². The first-order valence-electron chi connectivity index (χ1n) is 9.97. The Labute approximate surface area is 191 Å². The zero-order chi connectivity index (χ0) is 22.9. The first-order valence-corrected chi connectivity index (χ1v) is 12.7. The van der Waals surface area contributed by atoms with Crippen LogP contribution in [0.25, 0.3) is 0 Å². The number of hydrogen-bond acceptors (Lipinski definition) is 7. The van der Waals surface area contributed by atoms with Crippen molar-refractivity contribution in [2.75, 3.05) is 37.7 Å². The van der Waals surface area contributed by atoms with Gasteiger partial charge in [0, 0.05) is 5.25 Å². The van der Waals surface area contributed by atoms with Crippen LogP contribution in [0.5, 0.6) is 17.2 Å². The molecule has 8 nitrogen and oxygen atoms in total. The van der Waals surface area contributed by atoms with Crippen LogP contribution in [0, 0.1) is 0 Å². The van der Waals surface area contributed by atoms with E-state index in [1.54, 1.807) is 38.5 Å². The molecule has 32 heavy (non-hydrogen) atoms. The lowest BCUT2D eigenvalue weighted by Gasteiger charge is -2.26. The number of aliphatic imine (C=N–C) groups is 1. The minimum Gasteiger partial charge on any atom is -0.495 e. The van der Waals surface area contributed by atoms with Crippen LogP contribution in [0.1, 0.15) is 5.56 Å². The van der Waals surface area contributed by atoms with Gasteiger partial charge < -0.3 is 19.1 Å². The van der Waals surface area contributed by atoms with Crippen LogP contribution >= 0.6 is 11.8 Å². The molecule has 0 aromatic heterocycles. The third kappa shape index (κ3) is 4.42. The Bertz CT molecular complexity index is 1160. The van der Waals surface area contributed by atoms with Gasteiger partial charge in [-0.1, -0.05) is 30.0 Å². The fourth-order valence-electron chi connectivity index (χ4n) is 3.99. The fourth-order valence-corrected chi connectivity index (χ4v) is 7.91. The molecule has 2 aromatic carbocycles. The van der Waals surface area contributed by atoms with E-state index in [-0.39, 0.29) is 35.1 Å². The molecule has 0 aliphatic carbocycles. The van der Waals surface area contributed by atoms with Gasteiger partial charge in [0.1, 0.15) is 5.75 Å². The number of amidine groups is 1. The number of para-hydroxylation sites is 2. The lowest BCUT2D eigenvalue weighted by molar-refractivity contribution is -0.117. The molecule has 170 valence electrons. The van der Waals surface area contributed by atoms with E-state index in [1.165, 1.54) is 18.9 Å². The number of ether oxygens (including phenoxy) is 3. The largest absolute Gasteiger partial charge is 0.495 e. The lowest BCUT2D eigenvalue weighted by atomic mass is 10.1. The number of sulfone groups is 1. The quantitative estimate of drug-likeness (QED) is 0.628. The second-order valence-corrected chi connectivity index (χ2v) is 10.9. The van der Waals surface area contributed by atoms with Crippen LogP contribution in [-0.4, -0.2) is 63.6 Å². The molecule has 2 fully saturated rings. The van der Waals surface area contributed by atoms with E-state index >= 15 is 0 Å². The van der Waals surface area contributed by atoms with Crippen LogP contribution in [0.4, 0.5) is 5.69 Å². The molecule has 0 bridgehead atoms. The molecule has 1 amide bonds. The number of methoxy groups -OCH3 is 3. The summed E-state index contributed by atoms with van der Waals surface area (Å²) in [6, 6.07) is 12.3. The first-order chi connectivity index (χ1) is 15.3. The fraction of sp³-hybridized carbons (Fsp3) is 0.364. The number of fused-ring (bicyclic) bond motifs is 1. The minimum absolute atomic E-state index is 0.0194. The van der Waals surface area contributed by atoms with E-state index in [2.05, 4.69) is 4.99 Å². The second kappa shape index (κ2) is 9.03. The number of anilines is 1. The van der Waals surface area contributed by atoms with Gasteiger partial charge in [0.05, 0.1) is 51.0 Å². The SMILES string of the molecule is COc1ccc(CC(=O)N=C2SC3CS(=O)(=O)CC3N2c2ccccc2OC)cc1OC. The minimum atomic E-state index is -3.15. The number of carbonyl (C=O) groups is 1. The first kappa shape index (κ1) is 22.5. The molecule has 0 spiro atoms. The molecule has 10 heteroatoms. The van der Waals surface area contributed by atoms with Crippen molar-refractivity contribution in [3.63, 3.8) is 0 Å². The summed E-state index contributed by atoms with van der Waals surface area (Å²) in [5, 5.41) is 0.308. The van der Waals surface area contributed by atoms with Gasteiger partial charge in [-0.25, -0.2) is 8.42 Å². The molecule has 2 heterocycles. The molecule has 2 atom stereocenters. The molecule has 0 saturated carbocycles. The average Bonchev–Trinajstić information content (AvgIpc) is 3.23. The third-order valence-corrected chi connectivity index (χ3v) is 8.64. The zero-order valence-electron chi connectivity index (χ0n) is 18.0. The van der Waals surface area contributed by atoms with Gasteiger partial charge in [0.15, 0.2) is 26.5 Å². The van der Waals surface area contributed by atoms with E-state index in [0.717, 1.165) is 5.56 Å². The van der Waals surface area contributed by atoms with Crippen LogP contribution in [0.3, 0.4) is 0 Å². The summed E-state index contributed by atoms with van der Waals surface area (Å²) in [5.41, 5.74) is 1.44.